The molecule has 0 fully saturated rings. The molecule has 0 radical (unpaired) electrons. The topological polar surface area (TPSA) is 22.1 Å². The molecule has 14 heavy (non-hydrogen) atoms. The molecular formula is C12H19NO. The SMILES string of the molecule is CCCCOc1cc(C(C)C)ccn1. The third-order valence-corrected chi connectivity index (χ3v) is 2.17. The van der Waals surface area contributed by atoms with E-state index in [4.69, 9.17) is 4.74 Å². The minimum atomic E-state index is 0.534. The normalized spacial score (nSPS) is 10.6. The van der Waals surface area contributed by atoms with Gasteiger partial charge in [-0.05, 0) is 24.0 Å². The van der Waals surface area contributed by atoms with Gasteiger partial charge in [0.2, 0.25) is 5.88 Å². The van der Waals surface area contributed by atoms with Gasteiger partial charge < -0.3 is 4.74 Å². The summed E-state index contributed by atoms with van der Waals surface area (Å²) < 4.78 is 5.53. The summed E-state index contributed by atoms with van der Waals surface area (Å²) >= 11 is 0. The van der Waals surface area contributed by atoms with E-state index in [1.165, 1.54) is 5.56 Å². The zero-order valence-corrected chi connectivity index (χ0v) is 9.29. The van der Waals surface area contributed by atoms with Crippen molar-refractivity contribution in [2.75, 3.05) is 6.61 Å². The van der Waals surface area contributed by atoms with E-state index in [9.17, 15) is 0 Å². The van der Waals surface area contributed by atoms with E-state index >= 15 is 0 Å². The van der Waals surface area contributed by atoms with Crippen molar-refractivity contribution in [2.24, 2.45) is 0 Å². The van der Waals surface area contributed by atoms with Crippen molar-refractivity contribution in [1.82, 2.24) is 4.98 Å². The molecule has 1 rings (SSSR count). The molecule has 0 amide bonds. The van der Waals surface area contributed by atoms with Gasteiger partial charge in [-0.1, -0.05) is 27.2 Å². The van der Waals surface area contributed by atoms with E-state index in [1.54, 1.807) is 0 Å². The maximum atomic E-state index is 5.53. The van der Waals surface area contributed by atoms with E-state index in [-0.39, 0.29) is 0 Å². The standard InChI is InChI=1S/C12H19NO/c1-4-5-8-14-12-9-11(10(2)3)6-7-13-12/h6-7,9-10H,4-5,8H2,1-3H3. The van der Waals surface area contributed by atoms with Gasteiger partial charge >= 0.3 is 0 Å². The highest BCUT2D eigenvalue weighted by atomic mass is 16.5. The predicted octanol–water partition coefficient (Wildman–Crippen LogP) is 3.38. The van der Waals surface area contributed by atoms with Gasteiger partial charge in [0, 0.05) is 12.3 Å². The highest BCUT2D eigenvalue weighted by Gasteiger charge is 2.01. The van der Waals surface area contributed by atoms with Crippen molar-refractivity contribution in [1.29, 1.82) is 0 Å². The zero-order valence-electron chi connectivity index (χ0n) is 9.29. The van der Waals surface area contributed by atoms with Gasteiger partial charge in [-0.25, -0.2) is 4.98 Å². The number of unbranched alkanes of at least 4 members (excludes halogenated alkanes) is 1. The monoisotopic (exact) mass is 193 g/mol. The number of nitrogens with zero attached hydrogens (tertiary/aromatic N) is 1. The predicted molar refractivity (Wildman–Crippen MR) is 58.7 cm³/mol. The Morgan fingerprint density at radius 3 is 2.86 bits per heavy atom. The lowest BCUT2D eigenvalue weighted by Gasteiger charge is -2.08. The Kier molecular flexibility index (Phi) is 4.44. The lowest BCUT2D eigenvalue weighted by Crippen LogP contribution is -1.99. The molecule has 0 saturated heterocycles. The van der Waals surface area contributed by atoms with Gasteiger partial charge in [0.15, 0.2) is 0 Å². The Balaban J connectivity index is 2.55. The second-order valence-electron chi connectivity index (χ2n) is 3.78. The number of ether oxygens (including phenoxy) is 1. The average molecular weight is 193 g/mol. The van der Waals surface area contributed by atoms with Crippen molar-refractivity contribution >= 4 is 0 Å². The van der Waals surface area contributed by atoms with Crippen LogP contribution in [0.4, 0.5) is 0 Å². The van der Waals surface area contributed by atoms with Crippen LogP contribution in [0.5, 0.6) is 5.88 Å². The van der Waals surface area contributed by atoms with Gasteiger partial charge in [-0.15, -0.1) is 0 Å². The lowest BCUT2D eigenvalue weighted by molar-refractivity contribution is 0.297. The molecule has 1 heterocycles. The minimum absolute atomic E-state index is 0.534. The summed E-state index contributed by atoms with van der Waals surface area (Å²) in [5.74, 6) is 1.29. The van der Waals surface area contributed by atoms with Crippen molar-refractivity contribution < 1.29 is 4.74 Å². The number of pyridine rings is 1. The van der Waals surface area contributed by atoms with Crippen molar-refractivity contribution in [3.8, 4) is 5.88 Å². The fourth-order valence-corrected chi connectivity index (χ4v) is 1.18. The van der Waals surface area contributed by atoms with Gasteiger partial charge in [-0.3, -0.25) is 0 Å². The van der Waals surface area contributed by atoms with Gasteiger partial charge in [0.1, 0.15) is 0 Å². The summed E-state index contributed by atoms with van der Waals surface area (Å²) in [4.78, 5) is 4.17. The van der Waals surface area contributed by atoms with Gasteiger partial charge in [-0.2, -0.15) is 0 Å². The molecule has 78 valence electrons. The largest absolute Gasteiger partial charge is 0.478 e. The molecule has 1 aromatic rings. The molecule has 0 aliphatic carbocycles. The maximum Gasteiger partial charge on any atom is 0.213 e. The third-order valence-electron chi connectivity index (χ3n) is 2.17. The molecule has 2 nitrogen and oxygen atoms in total. The number of hydrogen-bond donors (Lipinski definition) is 0. The average Bonchev–Trinajstić information content (AvgIpc) is 2.19. The van der Waals surface area contributed by atoms with Gasteiger partial charge in [0.25, 0.3) is 0 Å². The van der Waals surface area contributed by atoms with E-state index in [0.717, 1.165) is 25.3 Å². The fourth-order valence-electron chi connectivity index (χ4n) is 1.18. The Morgan fingerprint density at radius 2 is 2.21 bits per heavy atom. The Hall–Kier alpha value is -1.05. The van der Waals surface area contributed by atoms with Crippen LogP contribution in [0.25, 0.3) is 0 Å². The first-order valence-corrected chi connectivity index (χ1v) is 5.32. The second-order valence-corrected chi connectivity index (χ2v) is 3.78. The summed E-state index contributed by atoms with van der Waals surface area (Å²) in [5, 5.41) is 0. The van der Waals surface area contributed by atoms with Crippen LogP contribution in [0.2, 0.25) is 0 Å². The van der Waals surface area contributed by atoms with E-state index in [1.807, 2.05) is 18.3 Å². The summed E-state index contributed by atoms with van der Waals surface area (Å²) in [6.07, 6.45) is 4.06. The number of rotatable bonds is 5. The second kappa shape index (κ2) is 5.63. The first-order chi connectivity index (χ1) is 6.74. The van der Waals surface area contributed by atoms with Crippen LogP contribution < -0.4 is 4.74 Å². The highest BCUT2D eigenvalue weighted by Crippen LogP contribution is 2.17. The molecular weight excluding hydrogens is 174 g/mol. The molecule has 0 N–H and O–H groups in total. The van der Waals surface area contributed by atoms with Crippen LogP contribution >= 0.6 is 0 Å². The number of hydrogen-bond acceptors (Lipinski definition) is 2. The molecule has 0 aromatic carbocycles. The van der Waals surface area contributed by atoms with Crippen LogP contribution in [-0.4, -0.2) is 11.6 Å². The molecule has 0 unspecified atom stereocenters. The lowest BCUT2D eigenvalue weighted by atomic mass is 10.1. The molecule has 0 atom stereocenters. The molecule has 0 bridgehead atoms. The fraction of sp³-hybridized carbons (Fsp3) is 0.583. The van der Waals surface area contributed by atoms with Crippen LogP contribution in [0.15, 0.2) is 18.3 Å². The van der Waals surface area contributed by atoms with E-state index in [2.05, 4.69) is 25.8 Å². The van der Waals surface area contributed by atoms with E-state index in [0.29, 0.717) is 5.92 Å². The van der Waals surface area contributed by atoms with Crippen LogP contribution in [-0.2, 0) is 0 Å². The number of aromatic nitrogens is 1. The van der Waals surface area contributed by atoms with Crippen molar-refractivity contribution in [3.05, 3.63) is 23.9 Å². The van der Waals surface area contributed by atoms with Crippen LogP contribution in [0.1, 0.15) is 45.1 Å². The van der Waals surface area contributed by atoms with Crippen molar-refractivity contribution in [2.45, 2.75) is 39.5 Å². The highest BCUT2D eigenvalue weighted by molar-refractivity contribution is 5.22. The van der Waals surface area contributed by atoms with Crippen molar-refractivity contribution in [3.63, 3.8) is 0 Å². The first-order valence-electron chi connectivity index (χ1n) is 5.32. The quantitative estimate of drug-likeness (QED) is 0.669. The Labute approximate surface area is 86.3 Å². The van der Waals surface area contributed by atoms with Crippen LogP contribution in [0, 0.1) is 0 Å². The minimum Gasteiger partial charge on any atom is -0.478 e. The molecule has 2 heteroatoms. The Bertz CT molecular complexity index is 271. The molecule has 0 saturated carbocycles. The maximum absolute atomic E-state index is 5.53. The summed E-state index contributed by atoms with van der Waals surface area (Å²) in [6, 6.07) is 4.07. The summed E-state index contributed by atoms with van der Waals surface area (Å²) in [5.41, 5.74) is 1.28. The van der Waals surface area contributed by atoms with Crippen LogP contribution in [0.3, 0.4) is 0 Å². The molecule has 0 aliphatic heterocycles. The van der Waals surface area contributed by atoms with E-state index < -0.39 is 0 Å². The summed E-state index contributed by atoms with van der Waals surface area (Å²) in [6.45, 7) is 7.27. The first kappa shape index (κ1) is 11.0. The van der Waals surface area contributed by atoms with Gasteiger partial charge in [0.05, 0.1) is 6.61 Å². The Morgan fingerprint density at radius 1 is 1.43 bits per heavy atom. The zero-order chi connectivity index (χ0) is 10.4. The molecule has 0 aliphatic rings. The smallest absolute Gasteiger partial charge is 0.213 e. The third kappa shape index (κ3) is 3.36. The molecule has 0 spiro atoms. The summed E-state index contributed by atoms with van der Waals surface area (Å²) in [7, 11) is 0. The molecule has 1 aromatic heterocycles.